The Balaban J connectivity index is 0.792. The van der Waals surface area contributed by atoms with E-state index in [9.17, 15) is 37.5 Å². The van der Waals surface area contributed by atoms with Gasteiger partial charge in [0.05, 0.1) is 43.1 Å². The van der Waals surface area contributed by atoms with Crippen molar-refractivity contribution in [2.45, 2.75) is 31.7 Å². The maximum absolute atomic E-state index is 13.8. The molecule has 3 N–H and O–H groups in total. The molecule has 7 rings (SSSR count). The minimum absolute atomic E-state index is 0.0115. The average Bonchev–Trinajstić information content (AvgIpc) is 3.80. The number of rotatable bonds is 16. The van der Waals surface area contributed by atoms with Gasteiger partial charge in [-0.1, -0.05) is 12.1 Å². The van der Waals surface area contributed by atoms with Gasteiger partial charge in [-0.2, -0.15) is 5.10 Å². The van der Waals surface area contributed by atoms with Crippen LogP contribution in [0, 0.1) is 0 Å². The molecule has 6 amide bonds. The summed E-state index contributed by atoms with van der Waals surface area (Å²) < 4.78 is 47.7. The van der Waals surface area contributed by atoms with Gasteiger partial charge in [-0.05, 0) is 55.0 Å². The predicted octanol–water partition coefficient (Wildman–Crippen LogP) is 2.99. The fourth-order valence-corrected chi connectivity index (χ4v) is 6.86. The highest BCUT2D eigenvalue weighted by Gasteiger charge is 2.44. The molecule has 0 radical (unpaired) electrons. The van der Waals surface area contributed by atoms with E-state index in [2.05, 4.69) is 21.0 Å². The van der Waals surface area contributed by atoms with Crippen LogP contribution in [-0.4, -0.2) is 107 Å². The highest BCUT2D eigenvalue weighted by atomic mass is 19.3. The van der Waals surface area contributed by atoms with Crippen molar-refractivity contribution in [3.8, 4) is 11.4 Å². The quantitative estimate of drug-likeness (QED) is 0.0988. The number of aryl methyl sites for hydroxylation is 1. The molecule has 3 aromatic carbocycles. The summed E-state index contributed by atoms with van der Waals surface area (Å²) in [6.45, 7) is 1.87. The molecule has 1 atom stereocenters. The van der Waals surface area contributed by atoms with Gasteiger partial charge in [0.25, 0.3) is 29.6 Å². The number of fused-ring (bicyclic) bond motifs is 4. The van der Waals surface area contributed by atoms with Crippen LogP contribution >= 0.6 is 0 Å². The van der Waals surface area contributed by atoms with E-state index in [-0.39, 0.29) is 87.3 Å². The summed E-state index contributed by atoms with van der Waals surface area (Å²) in [5.74, 6) is -6.01. The van der Waals surface area contributed by atoms with Crippen LogP contribution in [0.15, 0.2) is 66.9 Å². The van der Waals surface area contributed by atoms with Gasteiger partial charge in [-0.3, -0.25) is 48.2 Å². The van der Waals surface area contributed by atoms with Crippen LogP contribution in [0.2, 0.25) is 0 Å². The number of hydrogen-bond donors (Lipinski definition) is 3. The van der Waals surface area contributed by atoms with Crippen LogP contribution in [-0.2, 0) is 36.8 Å². The highest BCUT2D eigenvalue weighted by Crippen LogP contribution is 2.34. The number of imide groups is 2. The third-order valence-corrected chi connectivity index (χ3v) is 9.70. The summed E-state index contributed by atoms with van der Waals surface area (Å²) in [5, 5.41) is 13.8. The van der Waals surface area contributed by atoms with Gasteiger partial charge in [0.2, 0.25) is 11.8 Å². The Morgan fingerprint density at radius 2 is 1.59 bits per heavy atom. The summed E-state index contributed by atoms with van der Waals surface area (Å²) in [7, 11) is 1.78. The van der Waals surface area contributed by atoms with Crippen molar-refractivity contribution in [2.75, 3.05) is 46.1 Å². The number of hydrogen-bond acceptors (Lipinski definition) is 10. The molecule has 0 aliphatic carbocycles. The van der Waals surface area contributed by atoms with Gasteiger partial charge in [0.1, 0.15) is 11.8 Å². The number of piperidine rings is 1. The Labute approximate surface area is 329 Å². The van der Waals surface area contributed by atoms with Crippen molar-refractivity contribution in [2.24, 2.45) is 7.05 Å². The minimum Gasteiger partial charge on any atom is -0.484 e. The Morgan fingerprint density at radius 1 is 0.879 bits per heavy atom. The molecule has 58 heavy (non-hydrogen) atoms. The molecule has 5 aromatic rings. The van der Waals surface area contributed by atoms with Crippen LogP contribution < -0.4 is 20.7 Å². The van der Waals surface area contributed by atoms with Crippen molar-refractivity contribution in [3.63, 3.8) is 0 Å². The second kappa shape index (κ2) is 16.5. The van der Waals surface area contributed by atoms with Crippen LogP contribution in [0.3, 0.4) is 0 Å². The summed E-state index contributed by atoms with van der Waals surface area (Å²) in [6, 6.07) is 14.4. The van der Waals surface area contributed by atoms with Crippen LogP contribution in [0.5, 0.6) is 5.75 Å². The lowest BCUT2D eigenvalue weighted by molar-refractivity contribution is -0.136. The minimum atomic E-state index is -2.96. The summed E-state index contributed by atoms with van der Waals surface area (Å²) in [6.07, 6.45) is 1.90. The number of amides is 6. The maximum atomic E-state index is 13.8. The first kappa shape index (κ1) is 39.7. The summed E-state index contributed by atoms with van der Waals surface area (Å²) in [4.78, 5) is 75.7. The van der Waals surface area contributed by atoms with Gasteiger partial charge in [0, 0.05) is 67.3 Å². The topological polar surface area (TPSA) is 192 Å². The number of carbonyl (C=O) groups excluding carboxylic acids is 6. The lowest BCUT2D eigenvalue weighted by Gasteiger charge is -2.27. The first-order valence-corrected chi connectivity index (χ1v) is 18.5. The first-order chi connectivity index (χ1) is 27.8. The second-order valence-electron chi connectivity index (χ2n) is 13.8. The first-order valence-electron chi connectivity index (χ1n) is 18.5. The van der Waals surface area contributed by atoms with E-state index in [4.69, 9.17) is 14.2 Å². The standard InChI is InChI=1S/C40H39F2N7O9/c1-40(41,42)24-4-6-25(7-5-24)48-31-10-3-23(19-28(31)30-21-47(2)46-35(30)48)36(52)44-14-16-57-18-17-56-15-13-43-34(51)22-58-26-8-9-27-29(20-26)39(55)49(38(27)54)32-11-12-33(50)45-37(32)53/h3-10,19-21,32H,11-18,22H2,1-2H3,(H,43,51)(H,44,52)(H,45,50,53). The number of ether oxygens (including phenoxy) is 3. The van der Waals surface area contributed by atoms with E-state index in [1.807, 2.05) is 10.8 Å². The largest absolute Gasteiger partial charge is 0.484 e. The third kappa shape index (κ3) is 8.28. The van der Waals surface area contributed by atoms with Gasteiger partial charge in [-0.15, -0.1) is 0 Å². The van der Waals surface area contributed by atoms with Crippen LogP contribution in [0.1, 0.15) is 56.4 Å². The molecule has 0 bridgehead atoms. The average molecular weight is 800 g/mol. The number of aromatic nitrogens is 3. The monoisotopic (exact) mass is 799 g/mol. The molecule has 4 heterocycles. The van der Waals surface area contributed by atoms with E-state index in [0.29, 0.717) is 16.9 Å². The molecule has 2 aliphatic rings. The van der Waals surface area contributed by atoms with Crippen molar-refractivity contribution in [1.29, 1.82) is 0 Å². The Morgan fingerprint density at radius 3 is 2.29 bits per heavy atom. The van der Waals surface area contributed by atoms with Crippen molar-refractivity contribution < 1.29 is 51.8 Å². The number of carbonyl (C=O) groups is 6. The van der Waals surface area contributed by atoms with E-state index >= 15 is 0 Å². The van der Waals surface area contributed by atoms with Gasteiger partial charge in [-0.25, -0.2) is 8.78 Å². The molecular formula is C40H39F2N7O9. The Hall–Kier alpha value is -6.53. The van der Waals surface area contributed by atoms with Crippen LogP contribution in [0.4, 0.5) is 8.78 Å². The molecule has 1 fully saturated rings. The van der Waals surface area contributed by atoms with Crippen molar-refractivity contribution in [1.82, 2.24) is 35.2 Å². The second-order valence-corrected chi connectivity index (χ2v) is 13.8. The maximum Gasteiger partial charge on any atom is 0.270 e. The molecule has 0 spiro atoms. The van der Waals surface area contributed by atoms with E-state index in [0.717, 1.165) is 28.1 Å². The van der Waals surface area contributed by atoms with E-state index < -0.39 is 41.5 Å². The highest BCUT2D eigenvalue weighted by molar-refractivity contribution is 6.23. The SMILES string of the molecule is Cn1cc2c3cc(C(=O)NCCOCCOCCNC(=O)COc4ccc5c(c4)C(=O)N(C4CCC(=O)NC4=O)C5=O)ccc3n(-c3ccc(C(C)(F)F)cc3)c2n1. The molecular weight excluding hydrogens is 760 g/mol. The van der Waals surface area contributed by atoms with Gasteiger partial charge >= 0.3 is 0 Å². The normalized spacial score (nSPS) is 15.6. The summed E-state index contributed by atoms with van der Waals surface area (Å²) in [5.41, 5.74) is 2.56. The number of nitrogens with one attached hydrogen (secondary N) is 3. The molecule has 16 nitrogen and oxygen atoms in total. The van der Waals surface area contributed by atoms with Gasteiger partial charge < -0.3 is 24.8 Å². The molecule has 1 saturated heterocycles. The van der Waals surface area contributed by atoms with Crippen molar-refractivity contribution >= 4 is 57.4 Å². The number of alkyl halides is 2. The fourth-order valence-electron chi connectivity index (χ4n) is 6.86. The van der Waals surface area contributed by atoms with Gasteiger partial charge in [0.15, 0.2) is 12.3 Å². The number of nitrogens with zero attached hydrogens (tertiary/aromatic N) is 4. The number of benzene rings is 3. The lowest BCUT2D eigenvalue weighted by Crippen LogP contribution is -2.54. The molecule has 0 saturated carbocycles. The summed E-state index contributed by atoms with van der Waals surface area (Å²) >= 11 is 0. The molecule has 1 unspecified atom stereocenters. The molecule has 18 heteroatoms. The number of halogens is 2. The third-order valence-electron chi connectivity index (χ3n) is 9.70. The van der Waals surface area contributed by atoms with E-state index in [1.54, 1.807) is 42.1 Å². The molecule has 2 aromatic heterocycles. The van der Waals surface area contributed by atoms with Crippen molar-refractivity contribution in [3.05, 3.63) is 89.1 Å². The predicted molar refractivity (Wildman–Crippen MR) is 203 cm³/mol. The van der Waals surface area contributed by atoms with E-state index in [1.165, 1.54) is 30.3 Å². The lowest BCUT2D eigenvalue weighted by atomic mass is 10.0. The Bertz CT molecular complexity index is 2440. The zero-order chi connectivity index (χ0) is 41.1. The molecule has 302 valence electrons. The fraction of sp³-hybridized carbons (Fsp3) is 0.325. The zero-order valence-electron chi connectivity index (χ0n) is 31.5. The van der Waals surface area contributed by atoms with Crippen LogP contribution in [0.25, 0.3) is 27.6 Å². The molecule has 2 aliphatic heterocycles. The Kier molecular flexibility index (Phi) is 11.3. The smallest absolute Gasteiger partial charge is 0.270 e. The zero-order valence-corrected chi connectivity index (χ0v) is 31.5.